The average molecular weight is 446 g/mol. The number of carbonyl (C=O) groups is 2. The number of sulfonamides is 1. The van der Waals surface area contributed by atoms with E-state index in [4.69, 9.17) is 9.26 Å². The molecule has 2 rings (SSSR count). The Labute approximate surface area is 173 Å². The van der Waals surface area contributed by atoms with Gasteiger partial charge in [-0.25, -0.2) is 8.42 Å². The van der Waals surface area contributed by atoms with Gasteiger partial charge in [-0.3, -0.25) is 14.6 Å². The van der Waals surface area contributed by atoms with Crippen molar-refractivity contribution in [2.75, 3.05) is 25.4 Å². The van der Waals surface area contributed by atoms with Gasteiger partial charge in [0.05, 0.1) is 18.4 Å². The number of amides is 1. The summed E-state index contributed by atoms with van der Waals surface area (Å²) in [4.78, 5) is 27.6. The quantitative estimate of drug-likeness (QED) is 0.246. The topological polar surface area (TPSA) is 184 Å². The number of aromatic nitrogens is 1. The standard InChI is InChI=1S/C16H26N6O7S/c1-3-4-7-30(26,27)22-11(15(24)25)9-19-14(23)12-8-13(21-29-12)28-10(2)20-16-17-5-6-18-16/h8,10-11,22H,3-7,9H2,1-2H3,(H,19,23)(H,24,25)(H2,17,18,20). The maximum atomic E-state index is 12.2. The molecule has 1 aromatic heterocycles. The van der Waals surface area contributed by atoms with Crippen LogP contribution in [0.25, 0.3) is 0 Å². The predicted molar refractivity (Wildman–Crippen MR) is 106 cm³/mol. The number of carboxylic acid groups (broad SMARTS) is 1. The van der Waals surface area contributed by atoms with Crippen LogP contribution in [0.4, 0.5) is 0 Å². The van der Waals surface area contributed by atoms with E-state index < -0.39 is 40.7 Å². The molecule has 30 heavy (non-hydrogen) atoms. The minimum Gasteiger partial charge on any atom is -0.480 e. The number of carbonyl (C=O) groups excluding carboxylic acids is 1. The Morgan fingerprint density at radius 1 is 1.43 bits per heavy atom. The Hall–Kier alpha value is -2.87. The van der Waals surface area contributed by atoms with Gasteiger partial charge in [0.25, 0.3) is 11.8 Å². The lowest BCUT2D eigenvalue weighted by Crippen LogP contribution is -2.48. The maximum Gasteiger partial charge on any atom is 0.323 e. The summed E-state index contributed by atoms with van der Waals surface area (Å²) in [6, 6.07) is -0.281. The highest BCUT2D eigenvalue weighted by Gasteiger charge is 2.25. The third-order valence-electron chi connectivity index (χ3n) is 3.88. The largest absolute Gasteiger partial charge is 0.480 e. The van der Waals surface area contributed by atoms with Gasteiger partial charge in [0.2, 0.25) is 15.8 Å². The van der Waals surface area contributed by atoms with Crippen molar-refractivity contribution in [2.24, 2.45) is 4.99 Å². The number of aliphatic carboxylic acids is 1. The molecular formula is C16H26N6O7S. The Bertz CT molecular complexity index is 869. The van der Waals surface area contributed by atoms with Crippen molar-refractivity contribution in [3.63, 3.8) is 0 Å². The van der Waals surface area contributed by atoms with Crippen molar-refractivity contribution in [2.45, 2.75) is 39.0 Å². The van der Waals surface area contributed by atoms with Crippen LogP contribution in [0, 0.1) is 0 Å². The summed E-state index contributed by atoms with van der Waals surface area (Å²) >= 11 is 0. The first kappa shape index (κ1) is 23.4. The van der Waals surface area contributed by atoms with Gasteiger partial charge < -0.3 is 30.3 Å². The molecule has 0 aromatic carbocycles. The van der Waals surface area contributed by atoms with E-state index >= 15 is 0 Å². The highest BCUT2D eigenvalue weighted by molar-refractivity contribution is 7.89. The fourth-order valence-corrected chi connectivity index (χ4v) is 3.79. The molecule has 0 fully saturated rings. The fraction of sp³-hybridized carbons (Fsp3) is 0.625. The highest BCUT2D eigenvalue weighted by atomic mass is 32.2. The average Bonchev–Trinajstić information content (AvgIpc) is 3.35. The van der Waals surface area contributed by atoms with E-state index in [2.05, 4.69) is 30.8 Å². The number of guanidine groups is 1. The van der Waals surface area contributed by atoms with Crippen LogP contribution in [-0.2, 0) is 14.8 Å². The number of hydrogen-bond donors (Lipinski definition) is 5. The van der Waals surface area contributed by atoms with E-state index in [9.17, 15) is 23.1 Å². The number of hydrogen-bond acceptors (Lipinski definition) is 10. The van der Waals surface area contributed by atoms with Gasteiger partial charge in [-0.05, 0) is 18.5 Å². The van der Waals surface area contributed by atoms with Crippen molar-refractivity contribution in [1.82, 2.24) is 25.8 Å². The molecule has 1 aliphatic rings. The summed E-state index contributed by atoms with van der Waals surface area (Å²) in [7, 11) is -3.78. The second-order valence-corrected chi connectivity index (χ2v) is 8.36. The Balaban J connectivity index is 1.86. The fourth-order valence-electron chi connectivity index (χ4n) is 2.39. The second kappa shape index (κ2) is 10.8. The van der Waals surface area contributed by atoms with Crippen LogP contribution in [0.1, 0.15) is 37.2 Å². The molecule has 0 radical (unpaired) electrons. The van der Waals surface area contributed by atoms with Crippen LogP contribution in [-0.4, -0.2) is 74.2 Å². The Kier molecular flexibility index (Phi) is 8.41. The lowest BCUT2D eigenvalue weighted by atomic mass is 10.3. The summed E-state index contributed by atoms with van der Waals surface area (Å²) in [5, 5.41) is 21.1. The number of nitrogens with zero attached hydrogens (tertiary/aromatic N) is 2. The number of ether oxygens (including phenoxy) is 1. The van der Waals surface area contributed by atoms with Crippen molar-refractivity contribution in [3.8, 4) is 5.88 Å². The van der Waals surface area contributed by atoms with E-state index in [0.717, 1.165) is 6.54 Å². The number of carboxylic acids is 1. The Morgan fingerprint density at radius 3 is 2.83 bits per heavy atom. The van der Waals surface area contributed by atoms with Gasteiger partial charge in [0.1, 0.15) is 6.04 Å². The molecule has 2 unspecified atom stereocenters. The third-order valence-corrected chi connectivity index (χ3v) is 5.35. The molecule has 2 atom stereocenters. The summed E-state index contributed by atoms with van der Waals surface area (Å²) in [5.74, 6) is -1.97. The first-order valence-electron chi connectivity index (χ1n) is 9.39. The molecule has 5 N–H and O–H groups in total. The lowest BCUT2D eigenvalue weighted by molar-refractivity contribution is -0.138. The van der Waals surface area contributed by atoms with E-state index in [1.807, 2.05) is 6.92 Å². The zero-order valence-corrected chi connectivity index (χ0v) is 17.5. The minimum atomic E-state index is -3.78. The first-order valence-corrected chi connectivity index (χ1v) is 11.0. The van der Waals surface area contributed by atoms with Gasteiger partial charge in [0.15, 0.2) is 12.2 Å². The van der Waals surface area contributed by atoms with Crippen LogP contribution in [0.2, 0.25) is 0 Å². The molecule has 0 saturated heterocycles. The van der Waals surface area contributed by atoms with Gasteiger partial charge in [-0.15, -0.1) is 0 Å². The highest BCUT2D eigenvalue weighted by Crippen LogP contribution is 2.12. The first-order chi connectivity index (χ1) is 14.2. The zero-order valence-electron chi connectivity index (χ0n) is 16.7. The van der Waals surface area contributed by atoms with Crippen molar-refractivity contribution in [3.05, 3.63) is 11.8 Å². The SMILES string of the molecule is CCCCS(=O)(=O)NC(CNC(=O)c1cc(OC(C)NC2=NCCN2)no1)C(=O)O. The minimum absolute atomic E-state index is 0.0359. The van der Waals surface area contributed by atoms with Gasteiger partial charge in [0, 0.05) is 13.1 Å². The van der Waals surface area contributed by atoms with Crippen LogP contribution in [0.3, 0.4) is 0 Å². The molecule has 13 nitrogen and oxygen atoms in total. The molecule has 0 spiro atoms. The molecule has 1 aromatic rings. The third kappa shape index (κ3) is 7.51. The molecule has 168 valence electrons. The monoisotopic (exact) mass is 446 g/mol. The smallest absolute Gasteiger partial charge is 0.323 e. The van der Waals surface area contributed by atoms with Crippen LogP contribution in [0.5, 0.6) is 5.88 Å². The van der Waals surface area contributed by atoms with Crippen molar-refractivity contribution < 1.29 is 32.4 Å². The zero-order chi connectivity index (χ0) is 22.1. The van der Waals surface area contributed by atoms with Crippen LogP contribution < -0.4 is 25.4 Å². The van der Waals surface area contributed by atoms with E-state index in [1.54, 1.807) is 6.92 Å². The number of nitrogens with one attached hydrogen (secondary N) is 4. The van der Waals surface area contributed by atoms with Crippen molar-refractivity contribution in [1.29, 1.82) is 0 Å². The normalized spacial score (nSPS) is 15.6. The summed E-state index contributed by atoms with van der Waals surface area (Å²) in [6.45, 7) is 4.44. The summed E-state index contributed by atoms with van der Waals surface area (Å²) < 4.78 is 36.2. The van der Waals surface area contributed by atoms with E-state index in [1.165, 1.54) is 6.07 Å². The van der Waals surface area contributed by atoms with Gasteiger partial charge >= 0.3 is 5.97 Å². The maximum absolute atomic E-state index is 12.2. The number of aliphatic imine (C=N–C) groups is 1. The molecule has 1 aliphatic heterocycles. The van der Waals surface area contributed by atoms with Gasteiger partial charge in [-0.2, -0.15) is 4.72 Å². The summed E-state index contributed by atoms with van der Waals surface area (Å²) in [6.07, 6.45) is 0.527. The molecule has 2 heterocycles. The molecule has 0 saturated carbocycles. The molecule has 1 amide bonds. The summed E-state index contributed by atoms with van der Waals surface area (Å²) in [5.41, 5.74) is 0. The van der Waals surface area contributed by atoms with E-state index in [-0.39, 0.29) is 17.4 Å². The van der Waals surface area contributed by atoms with E-state index in [0.29, 0.717) is 25.3 Å². The molecule has 0 aliphatic carbocycles. The Morgan fingerprint density at radius 2 is 2.20 bits per heavy atom. The lowest BCUT2D eigenvalue weighted by Gasteiger charge is -2.15. The molecule has 14 heteroatoms. The van der Waals surface area contributed by atoms with Crippen LogP contribution in [0.15, 0.2) is 15.6 Å². The molecular weight excluding hydrogens is 420 g/mol. The van der Waals surface area contributed by atoms with Gasteiger partial charge in [-0.1, -0.05) is 13.3 Å². The van der Waals surface area contributed by atoms with Crippen LogP contribution >= 0.6 is 0 Å². The van der Waals surface area contributed by atoms with Crippen molar-refractivity contribution >= 4 is 27.9 Å². The molecule has 0 bridgehead atoms. The second-order valence-electron chi connectivity index (χ2n) is 6.48. The number of rotatable bonds is 12. The predicted octanol–water partition coefficient (Wildman–Crippen LogP) is -1.15. The number of unbranched alkanes of at least 4 members (excludes halogenated alkanes) is 1.